The van der Waals surface area contributed by atoms with Crippen LogP contribution in [-0.4, -0.2) is 76.4 Å². The lowest BCUT2D eigenvalue weighted by Gasteiger charge is -2.39. The molecule has 2 fully saturated rings. The van der Waals surface area contributed by atoms with Crippen molar-refractivity contribution in [1.29, 1.82) is 0 Å². The zero-order valence-corrected chi connectivity index (χ0v) is 17.0. The van der Waals surface area contributed by atoms with Gasteiger partial charge in [-0.3, -0.25) is 19.3 Å². The van der Waals surface area contributed by atoms with Gasteiger partial charge in [0.25, 0.3) is 5.56 Å². The van der Waals surface area contributed by atoms with E-state index in [4.69, 9.17) is 0 Å². The predicted octanol–water partition coefficient (Wildman–Crippen LogP) is 1.41. The Morgan fingerprint density at radius 2 is 1.63 bits per heavy atom. The van der Waals surface area contributed by atoms with E-state index in [0.29, 0.717) is 32.2 Å². The molecule has 0 N–H and O–H groups in total. The van der Waals surface area contributed by atoms with E-state index in [2.05, 4.69) is 0 Å². The first-order chi connectivity index (χ1) is 14.2. The van der Waals surface area contributed by atoms with Crippen molar-refractivity contribution in [2.75, 3.05) is 39.3 Å². The molecule has 7 nitrogen and oxygen atoms in total. The monoisotopic (exact) mass is 428 g/mol. The van der Waals surface area contributed by atoms with Crippen LogP contribution >= 0.6 is 0 Å². The van der Waals surface area contributed by atoms with Gasteiger partial charge in [0.05, 0.1) is 6.04 Å². The summed E-state index contributed by atoms with van der Waals surface area (Å²) in [5.74, 6) is -0.309. The van der Waals surface area contributed by atoms with Gasteiger partial charge < -0.3 is 14.4 Å². The lowest BCUT2D eigenvalue weighted by Crippen LogP contribution is -2.56. The molecule has 1 atom stereocenters. The molecule has 2 saturated heterocycles. The lowest BCUT2D eigenvalue weighted by atomic mass is 10.1. The van der Waals surface area contributed by atoms with Gasteiger partial charge in [0.2, 0.25) is 11.8 Å². The number of nitrogens with zero attached hydrogens (tertiary/aromatic N) is 4. The summed E-state index contributed by atoms with van der Waals surface area (Å²) in [7, 11) is 0. The summed E-state index contributed by atoms with van der Waals surface area (Å²) < 4.78 is 39.5. The first kappa shape index (κ1) is 22.3. The number of amides is 2. The van der Waals surface area contributed by atoms with E-state index in [0.717, 1.165) is 43.0 Å². The van der Waals surface area contributed by atoms with E-state index in [9.17, 15) is 27.6 Å². The summed E-state index contributed by atoms with van der Waals surface area (Å²) in [6.07, 6.45) is -0.379. The first-order valence-corrected chi connectivity index (χ1v) is 10.3. The smallest absolute Gasteiger partial charge is 0.341 e. The summed E-state index contributed by atoms with van der Waals surface area (Å²) >= 11 is 0. The van der Waals surface area contributed by atoms with Gasteiger partial charge in [0.1, 0.15) is 12.1 Å². The molecule has 0 bridgehead atoms. The molecule has 30 heavy (non-hydrogen) atoms. The molecular formula is C20H27F3N4O3. The molecule has 0 aromatic carbocycles. The van der Waals surface area contributed by atoms with Gasteiger partial charge in [-0.2, -0.15) is 13.2 Å². The highest BCUT2D eigenvalue weighted by Crippen LogP contribution is 2.26. The third kappa shape index (κ3) is 5.03. The molecule has 1 aromatic heterocycles. The summed E-state index contributed by atoms with van der Waals surface area (Å²) in [5, 5.41) is 0. The Bertz CT molecular complexity index is 825. The molecule has 10 heteroatoms. The number of piperazine rings is 1. The summed E-state index contributed by atoms with van der Waals surface area (Å²) in [6, 6.07) is 1.55. The topological polar surface area (TPSA) is 65.9 Å². The second-order valence-corrected chi connectivity index (χ2v) is 7.83. The molecule has 2 aliphatic rings. The number of rotatable bonds is 4. The number of piperidine rings is 1. The van der Waals surface area contributed by atoms with Crippen LogP contribution in [0.5, 0.6) is 0 Å². The maximum absolute atomic E-state index is 12.9. The zero-order valence-electron chi connectivity index (χ0n) is 17.0. The van der Waals surface area contributed by atoms with Gasteiger partial charge >= 0.3 is 6.18 Å². The molecule has 166 valence electrons. The van der Waals surface area contributed by atoms with Crippen LogP contribution < -0.4 is 5.56 Å². The predicted molar refractivity (Wildman–Crippen MR) is 104 cm³/mol. The number of hydrogen-bond acceptors (Lipinski definition) is 4. The molecule has 0 aliphatic carbocycles. The second kappa shape index (κ2) is 9.20. The molecule has 0 radical (unpaired) electrons. The van der Waals surface area contributed by atoms with Crippen LogP contribution in [0.25, 0.3) is 0 Å². The highest BCUT2D eigenvalue weighted by molar-refractivity contribution is 5.81. The molecule has 3 heterocycles. The second-order valence-electron chi connectivity index (χ2n) is 7.83. The number of carbonyl (C=O) groups excluding carboxylic acids is 2. The standard InChI is InChI=1S/C20H27F3N4O3/c1-15(18(29)26-7-3-2-4-8-26)24-10-12-25(13-11-24)17(28)14-27-9-5-6-16(19(27)30)20(21,22)23/h5-6,9,15H,2-4,7-8,10-14H2,1H3. The highest BCUT2D eigenvalue weighted by Gasteiger charge is 2.35. The first-order valence-electron chi connectivity index (χ1n) is 10.3. The van der Waals surface area contributed by atoms with Gasteiger partial charge in [0, 0.05) is 45.5 Å². The van der Waals surface area contributed by atoms with Crippen molar-refractivity contribution in [2.24, 2.45) is 0 Å². The van der Waals surface area contributed by atoms with Crippen molar-refractivity contribution in [3.05, 3.63) is 34.2 Å². The Balaban J connectivity index is 1.56. The van der Waals surface area contributed by atoms with Gasteiger partial charge in [-0.05, 0) is 38.3 Å². The minimum atomic E-state index is -4.76. The summed E-state index contributed by atoms with van der Waals surface area (Å²) in [5.41, 5.74) is -2.51. The Morgan fingerprint density at radius 3 is 2.23 bits per heavy atom. The Hall–Kier alpha value is -2.36. The highest BCUT2D eigenvalue weighted by atomic mass is 19.4. The minimum absolute atomic E-state index is 0.102. The van der Waals surface area contributed by atoms with Crippen LogP contribution in [0.15, 0.2) is 23.1 Å². The van der Waals surface area contributed by atoms with Crippen LogP contribution in [0.3, 0.4) is 0 Å². The Labute approximate surface area is 173 Å². The molecule has 1 unspecified atom stereocenters. The Kier molecular flexibility index (Phi) is 6.84. The van der Waals surface area contributed by atoms with Crippen LogP contribution in [0.1, 0.15) is 31.7 Å². The van der Waals surface area contributed by atoms with E-state index in [1.54, 1.807) is 0 Å². The zero-order chi connectivity index (χ0) is 21.9. The van der Waals surface area contributed by atoms with Crippen molar-refractivity contribution >= 4 is 11.8 Å². The van der Waals surface area contributed by atoms with E-state index in [-0.39, 0.29) is 11.9 Å². The van der Waals surface area contributed by atoms with Gasteiger partial charge in [-0.25, -0.2) is 0 Å². The average Bonchev–Trinajstić information content (AvgIpc) is 2.74. The van der Waals surface area contributed by atoms with E-state index < -0.39 is 29.8 Å². The fraction of sp³-hybridized carbons (Fsp3) is 0.650. The average molecular weight is 428 g/mol. The molecule has 3 rings (SSSR count). The number of halogens is 3. The van der Waals surface area contributed by atoms with Crippen LogP contribution in [0, 0.1) is 0 Å². The van der Waals surface area contributed by atoms with E-state index >= 15 is 0 Å². The van der Waals surface area contributed by atoms with Gasteiger partial charge in [-0.1, -0.05) is 0 Å². The maximum Gasteiger partial charge on any atom is 0.421 e. The fourth-order valence-electron chi connectivity index (χ4n) is 4.02. The third-order valence-corrected chi connectivity index (χ3v) is 5.87. The van der Waals surface area contributed by atoms with E-state index in [1.807, 2.05) is 16.7 Å². The van der Waals surface area contributed by atoms with Crippen LogP contribution in [-0.2, 0) is 22.3 Å². The maximum atomic E-state index is 12.9. The number of aromatic nitrogens is 1. The van der Waals surface area contributed by atoms with Crippen molar-refractivity contribution < 1.29 is 22.8 Å². The fourth-order valence-corrected chi connectivity index (χ4v) is 4.02. The van der Waals surface area contributed by atoms with Crippen LogP contribution in [0.4, 0.5) is 13.2 Å². The Morgan fingerprint density at radius 1 is 1.00 bits per heavy atom. The van der Waals surface area contributed by atoms with Gasteiger partial charge in [-0.15, -0.1) is 0 Å². The number of hydrogen-bond donors (Lipinski definition) is 0. The molecule has 0 spiro atoms. The van der Waals surface area contributed by atoms with Crippen molar-refractivity contribution in [3.63, 3.8) is 0 Å². The third-order valence-electron chi connectivity index (χ3n) is 5.87. The summed E-state index contributed by atoms with van der Waals surface area (Å²) in [6.45, 7) is 4.74. The lowest BCUT2D eigenvalue weighted by molar-refractivity contribution is -0.141. The van der Waals surface area contributed by atoms with Crippen molar-refractivity contribution in [2.45, 2.75) is 44.9 Å². The van der Waals surface area contributed by atoms with Crippen LogP contribution in [0.2, 0.25) is 0 Å². The number of pyridine rings is 1. The number of carbonyl (C=O) groups is 2. The molecule has 2 aliphatic heterocycles. The molecule has 0 saturated carbocycles. The van der Waals surface area contributed by atoms with E-state index in [1.165, 1.54) is 11.1 Å². The number of likely N-dealkylation sites (tertiary alicyclic amines) is 1. The minimum Gasteiger partial charge on any atom is -0.341 e. The van der Waals surface area contributed by atoms with Crippen molar-refractivity contribution in [3.8, 4) is 0 Å². The largest absolute Gasteiger partial charge is 0.421 e. The van der Waals surface area contributed by atoms with Gasteiger partial charge in [0.15, 0.2) is 0 Å². The van der Waals surface area contributed by atoms with Crippen molar-refractivity contribution in [1.82, 2.24) is 19.3 Å². The quantitative estimate of drug-likeness (QED) is 0.728. The summed E-state index contributed by atoms with van der Waals surface area (Å²) in [4.78, 5) is 42.7. The normalized spacial score (nSPS) is 19.6. The SMILES string of the molecule is CC(C(=O)N1CCCCC1)N1CCN(C(=O)Cn2cccc(C(F)(F)F)c2=O)CC1. The number of alkyl halides is 3. The molecule has 2 amide bonds. The molecular weight excluding hydrogens is 401 g/mol. The molecule has 1 aromatic rings.